The number of anilines is 2. The molecule has 1 aliphatic rings. The van der Waals surface area contributed by atoms with Crippen LogP contribution in [-0.2, 0) is 16.1 Å². The smallest absolute Gasteiger partial charge is 0.382 e. The van der Waals surface area contributed by atoms with Crippen molar-refractivity contribution in [1.82, 2.24) is 29.4 Å². The molecule has 13 heteroatoms. The molecule has 1 amide bonds. The van der Waals surface area contributed by atoms with Crippen LogP contribution in [0.5, 0.6) is 0 Å². The van der Waals surface area contributed by atoms with Crippen LogP contribution in [0.2, 0.25) is 0 Å². The highest BCUT2D eigenvalue weighted by Gasteiger charge is 2.41. The molecule has 5 heterocycles. The van der Waals surface area contributed by atoms with Gasteiger partial charge in [-0.1, -0.05) is 0 Å². The third kappa shape index (κ3) is 4.28. The zero-order valence-corrected chi connectivity index (χ0v) is 20.6. The van der Waals surface area contributed by atoms with Gasteiger partial charge in [0.1, 0.15) is 24.0 Å². The lowest BCUT2D eigenvalue weighted by Gasteiger charge is -2.42. The minimum Gasteiger partial charge on any atom is -0.382 e. The summed E-state index contributed by atoms with van der Waals surface area (Å²) in [5.41, 5.74) is 8.44. The summed E-state index contributed by atoms with van der Waals surface area (Å²) in [5, 5.41) is 8.17. The van der Waals surface area contributed by atoms with E-state index >= 15 is 0 Å². The van der Waals surface area contributed by atoms with Crippen molar-refractivity contribution in [2.24, 2.45) is 0 Å². The number of pyridine rings is 1. The molecule has 194 valence electrons. The number of hydrogen-bond donors (Lipinski definition) is 1. The standard InChI is InChI=1S/C24H25F3N8O2/c1-13-10-37-23(3,4)22(36)34(13)18-7-15(9-29-14(18)2)19-8-16(20-21(28)30-12-32-35(19)20)17-5-6-31-33(17)11-24(25,26)27/h5-9,12-13H,10-11H2,1-4H3,(H2,28,30,32)/t13-/m0/s1. The Balaban J connectivity index is 1.68. The normalized spacial score (nSPS) is 18.1. The molecule has 0 aromatic carbocycles. The van der Waals surface area contributed by atoms with Gasteiger partial charge >= 0.3 is 6.18 Å². The Bertz CT molecular complexity index is 1510. The lowest BCUT2D eigenvalue weighted by Crippen LogP contribution is -2.58. The second-order valence-corrected chi connectivity index (χ2v) is 9.51. The highest BCUT2D eigenvalue weighted by atomic mass is 19.4. The number of aryl methyl sites for hydroxylation is 1. The fourth-order valence-electron chi connectivity index (χ4n) is 4.53. The molecular weight excluding hydrogens is 489 g/mol. The predicted molar refractivity (Wildman–Crippen MR) is 130 cm³/mol. The average Bonchev–Trinajstić information content (AvgIpc) is 3.42. The summed E-state index contributed by atoms with van der Waals surface area (Å²) >= 11 is 0. The fourth-order valence-corrected chi connectivity index (χ4v) is 4.53. The summed E-state index contributed by atoms with van der Waals surface area (Å²) in [4.78, 5) is 23.5. The molecule has 4 aromatic heterocycles. The average molecular weight is 515 g/mol. The summed E-state index contributed by atoms with van der Waals surface area (Å²) in [6, 6.07) is 4.74. The maximum atomic E-state index is 13.3. The van der Waals surface area contributed by atoms with Gasteiger partial charge in [-0.15, -0.1) is 0 Å². The van der Waals surface area contributed by atoms with Gasteiger partial charge in [0, 0.05) is 23.5 Å². The Kier molecular flexibility index (Phi) is 5.70. The van der Waals surface area contributed by atoms with E-state index in [4.69, 9.17) is 10.5 Å². The second-order valence-electron chi connectivity index (χ2n) is 9.51. The molecule has 2 N–H and O–H groups in total. The zero-order valence-electron chi connectivity index (χ0n) is 20.6. The molecule has 1 fully saturated rings. The quantitative estimate of drug-likeness (QED) is 0.442. The summed E-state index contributed by atoms with van der Waals surface area (Å²) in [5.74, 6) is -0.105. The van der Waals surface area contributed by atoms with Crippen LogP contribution in [-0.4, -0.2) is 59.7 Å². The summed E-state index contributed by atoms with van der Waals surface area (Å²) < 4.78 is 47.7. The molecular formula is C24H25F3N8O2. The largest absolute Gasteiger partial charge is 0.408 e. The number of nitrogens with two attached hydrogens (primary N) is 1. The zero-order chi connectivity index (χ0) is 26.7. The van der Waals surface area contributed by atoms with Crippen molar-refractivity contribution in [3.63, 3.8) is 0 Å². The minimum absolute atomic E-state index is 0.0926. The van der Waals surface area contributed by atoms with Crippen LogP contribution in [0.15, 0.2) is 36.9 Å². The van der Waals surface area contributed by atoms with Gasteiger partial charge in [0.15, 0.2) is 5.82 Å². The topological polar surface area (TPSA) is 116 Å². The number of carbonyl (C=O) groups is 1. The molecule has 1 atom stereocenters. The van der Waals surface area contributed by atoms with E-state index < -0.39 is 18.3 Å². The lowest BCUT2D eigenvalue weighted by atomic mass is 10.0. The van der Waals surface area contributed by atoms with E-state index in [-0.39, 0.29) is 23.5 Å². The van der Waals surface area contributed by atoms with Crippen molar-refractivity contribution < 1.29 is 22.7 Å². The van der Waals surface area contributed by atoms with Crippen molar-refractivity contribution >= 4 is 22.9 Å². The van der Waals surface area contributed by atoms with Gasteiger partial charge in [-0.2, -0.15) is 23.4 Å². The van der Waals surface area contributed by atoms with Gasteiger partial charge in [0.05, 0.1) is 35.4 Å². The van der Waals surface area contributed by atoms with Crippen LogP contribution in [0.1, 0.15) is 26.5 Å². The SMILES string of the molecule is Cc1ncc(-c2cc(-c3ccnn3CC(F)(F)F)c3c(N)ncnn23)cc1N1C(=O)C(C)(C)OC[C@@H]1C. The number of morpholine rings is 1. The minimum atomic E-state index is -4.47. The maximum Gasteiger partial charge on any atom is 0.408 e. The van der Waals surface area contributed by atoms with E-state index in [0.29, 0.717) is 40.3 Å². The molecule has 5 rings (SSSR count). The molecule has 10 nitrogen and oxygen atoms in total. The van der Waals surface area contributed by atoms with Crippen molar-refractivity contribution in [2.45, 2.75) is 52.1 Å². The summed E-state index contributed by atoms with van der Waals surface area (Å²) in [6.07, 6.45) is -0.285. The number of hydrogen-bond acceptors (Lipinski definition) is 7. The highest BCUT2D eigenvalue weighted by Crippen LogP contribution is 2.37. The monoisotopic (exact) mass is 514 g/mol. The number of ether oxygens (including phenoxy) is 1. The van der Waals surface area contributed by atoms with Gasteiger partial charge in [-0.25, -0.2) is 9.50 Å². The molecule has 0 radical (unpaired) electrons. The Morgan fingerprint density at radius 1 is 1.19 bits per heavy atom. The first kappa shape index (κ1) is 24.7. The number of nitrogens with zero attached hydrogens (tertiary/aromatic N) is 7. The molecule has 0 aliphatic carbocycles. The highest BCUT2D eigenvalue weighted by molar-refractivity contribution is 6.01. The molecule has 0 saturated carbocycles. The fraction of sp³-hybridized carbons (Fsp3) is 0.375. The first-order chi connectivity index (χ1) is 17.4. The number of alkyl halides is 3. The number of rotatable bonds is 4. The van der Waals surface area contributed by atoms with Crippen molar-refractivity contribution in [3.05, 3.63) is 42.6 Å². The summed E-state index contributed by atoms with van der Waals surface area (Å²) in [7, 11) is 0. The van der Waals surface area contributed by atoms with Gasteiger partial charge in [-0.05, 0) is 45.9 Å². The van der Waals surface area contributed by atoms with Crippen LogP contribution in [0.4, 0.5) is 24.7 Å². The van der Waals surface area contributed by atoms with Gasteiger partial charge in [-0.3, -0.25) is 14.5 Å². The molecule has 1 aliphatic heterocycles. The van der Waals surface area contributed by atoms with E-state index in [0.717, 1.165) is 4.68 Å². The third-order valence-electron chi connectivity index (χ3n) is 6.38. The third-order valence-corrected chi connectivity index (χ3v) is 6.38. The molecule has 4 aromatic rings. The van der Waals surface area contributed by atoms with E-state index in [2.05, 4.69) is 20.2 Å². The number of halogens is 3. The lowest BCUT2D eigenvalue weighted by molar-refractivity contribution is -0.147. The van der Waals surface area contributed by atoms with Crippen LogP contribution in [0, 0.1) is 6.92 Å². The van der Waals surface area contributed by atoms with Crippen LogP contribution in [0.25, 0.3) is 28.0 Å². The maximum absolute atomic E-state index is 13.3. The van der Waals surface area contributed by atoms with E-state index in [1.54, 1.807) is 37.9 Å². The van der Waals surface area contributed by atoms with Crippen molar-refractivity contribution in [2.75, 3.05) is 17.2 Å². The summed E-state index contributed by atoms with van der Waals surface area (Å²) in [6.45, 7) is 6.22. The first-order valence-electron chi connectivity index (χ1n) is 11.5. The first-order valence-corrected chi connectivity index (χ1v) is 11.5. The number of fused-ring (bicyclic) bond motifs is 1. The van der Waals surface area contributed by atoms with Crippen LogP contribution < -0.4 is 10.6 Å². The molecule has 0 bridgehead atoms. The van der Waals surface area contributed by atoms with Crippen LogP contribution >= 0.6 is 0 Å². The van der Waals surface area contributed by atoms with E-state index in [1.165, 1.54) is 23.1 Å². The van der Waals surface area contributed by atoms with Crippen LogP contribution in [0.3, 0.4) is 0 Å². The van der Waals surface area contributed by atoms with Gasteiger partial charge in [0.25, 0.3) is 5.91 Å². The van der Waals surface area contributed by atoms with Gasteiger partial charge < -0.3 is 15.4 Å². The Labute approximate surface area is 209 Å². The number of carbonyl (C=O) groups excluding carboxylic acids is 1. The van der Waals surface area contributed by atoms with Crippen molar-refractivity contribution in [1.29, 1.82) is 0 Å². The number of nitrogen functional groups attached to an aromatic ring is 1. The molecule has 0 spiro atoms. The molecule has 0 unspecified atom stereocenters. The molecule has 1 saturated heterocycles. The number of amides is 1. The Morgan fingerprint density at radius 3 is 2.68 bits per heavy atom. The second kappa shape index (κ2) is 8.54. The van der Waals surface area contributed by atoms with E-state index in [9.17, 15) is 18.0 Å². The van der Waals surface area contributed by atoms with Crippen molar-refractivity contribution in [3.8, 4) is 22.5 Å². The van der Waals surface area contributed by atoms with E-state index in [1.807, 2.05) is 13.0 Å². The molecule has 37 heavy (non-hydrogen) atoms. The Morgan fingerprint density at radius 2 is 1.95 bits per heavy atom. The number of aromatic nitrogens is 6. The predicted octanol–water partition coefficient (Wildman–Crippen LogP) is 3.64. The van der Waals surface area contributed by atoms with Gasteiger partial charge in [0.2, 0.25) is 0 Å². The Hall–Kier alpha value is -4.00.